The minimum absolute atomic E-state index is 0.299. The summed E-state index contributed by atoms with van der Waals surface area (Å²) < 4.78 is 0. The van der Waals surface area contributed by atoms with Gasteiger partial charge in [0.15, 0.2) is 0 Å². The minimum Gasteiger partial charge on any atom is -0.313 e. The van der Waals surface area contributed by atoms with Crippen LogP contribution in [0.4, 0.5) is 0 Å². The first-order chi connectivity index (χ1) is 8.58. The van der Waals surface area contributed by atoms with Crippen molar-refractivity contribution in [1.29, 1.82) is 0 Å². The molecule has 0 amide bonds. The van der Waals surface area contributed by atoms with Crippen LogP contribution >= 0.6 is 0 Å². The molecule has 1 fully saturated rings. The summed E-state index contributed by atoms with van der Waals surface area (Å²) in [5.41, 5.74) is 3.30. The van der Waals surface area contributed by atoms with E-state index in [9.17, 15) is 0 Å². The first-order valence-electron chi connectivity index (χ1n) is 7.35. The van der Waals surface area contributed by atoms with E-state index in [1.165, 1.54) is 31.2 Å². The molecule has 1 nitrogen and oxygen atoms in total. The zero-order chi connectivity index (χ0) is 13.2. The third kappa shape index (κ3) is 2.61. The lowest BCUT2D eigenvalue weighted by Gasteiger charge is -2.35. The molecule has 1 aromatic rings. The zero-order valence-electron chi connectivity index (χ0n) is 12.3. The smallest absolute Gasteiger partial charge is 0.0369 e. The molecular formula is C17H27N. The maximum Gasteiger partial charge on any atom is 0.0369 e. The molecular weight excluding hydrogens is 218 g/mol. The number of benzene rings is 1. The molecule has 1 unspecified atom stereocenters. The fourth-order valence-corrected chi connectivity index (χ4v) is 2.95. The molecule has 0 spiro atoms. The van der Waals surface area contributed by atoms with Crippen LogP contribution in [0, 0.1) is 5.41 Å². The molecule has 0 aromatic heterocycles. The van der Waals surface area contributed by atoms with Crippen LogP contribution in [0.5, 0.6) is 0 Å². The van der Waals surface area contributed by atoms with Gasteiger partial charge in [-0.25, -0.2) is 0 Å². The van der Waals surface area contributed by atoms with E-state index < -0.39 is 0 Å². The molecule has 1 aliphatic rings. The maximum atomic E-state index is 3.51. The summed E-state index contributed by atoms with van der Waals surface area (Å²) in [4.78, 5) is 0. The summed E-state index contributed by atoms with van der Waals surface area (Å²) in [6.45, 7) is 6.98. The predicted octanol–water partition coefficient (Wildman–Crippen LogP) is 4.65. The molecule has 1 aromatic carbocycles. The van der Waals surface area contributed by atoms with Gasteiger partial charge in [0.1, 0.15) is 0 Å². The number of rotatable bonds is 5. The first-order valence-corrected chi connectivity index (χ1v) is 7.35. The van der Waals surface area contributed by atoms with Crippen molar-refractivity contribution in [3.8, 4) is 0 Å². The average Bonchev–Trinajstić information content (AvgIpc) is 2.28. The predicted molar refractivity (Wildman–Crippen MR) is 78.9 cm³/mol. The Morgan fingerprint density at radius 2 is 2.06 bits per heavy atom. The lowest BCUT2D eigenvalue weighted by atomic mass is 9.75. The van der Waals surface area contributed by atoms with E-state index >= 15 is 0 Å². The molecule has 1 saturated carbocycles. The summed E-state index contributed by atoms with van der Waals surface area (Å²) in [5.74, 6) is 0.826. The standard InChI is InChI=1S/C17H27N/c1-5-17(2,3)16(18-4)15-11-7-10-14(12-15)13-8-6-9-13/h7,10-13,16,18H,5-6,8-9H2,1-4H3. The van der Waals surface area contributed by atoms with E-state index in [2.05, 4.69) is 57.4 Å². The summed E-state index contributed by atoms with van der Waals surface area (Å²) in [7, 11) is 2.08. The Bertz CT molecular complexity index is 390. The van der Waals surface area contributed by atoms with Crippen LogP contribution in [-0.2, 0) is 0 Å². The summed E-state index contributed by atoms with van der Waals surface area (Å²) in [6.07, 6.45) is 5.35. The van der Waals surface area contributed by atoms with Gasteiger partial charge < -0.3 is 5.32 Å². The topological polar surface area (TPSA) is 12.0 Å². The third-order valence-corrected chi connectivity index (χ3v) is 4.80. The fraction of sp³-hybridized carbons (Fsp3) is 0.647. The van der Waals surface area contributed by atoms with Gasteiger partial charge in [-0.3, -0.25) is 0 Å². The summed E-state index contributed by atoms with van der Waals surface area (Å²) >= 11 is 0. The Morgan fingerprint density at radius 3 is 2.56 bits per heavy atom. The molecule has 1 N–H and O–H groups in total. The summed E-state index contributed by atoms with van der Waals surface area (Å²) in [5, 5.41) is 3.51. The quantitative estimate of drug-likeness (QED) is 0.796. The number of hydrogen-bond acceptors (Lipinski definition) is 1. The highest BCUT2D eigenvalue weighted by Gasteiger charge is 2.28. The second-order valence-corrected chi connectivity index (χ2v) is 6.36. The minimum atomic E-state index is 0.299. The Morgan fingerprint density at radius 1 is 1.33 bits per heavy atom. The Kier molecular flexibility index (Phi) is 4.11. The highest BCUT2D eigenvalue weighted by atomic mass is 14.9. The van der Waals surface area contributed by atoms with E-state index in [1.54, 1.807) is 5.56 Å². The second kappa shape index (κ2) is 5.44. The average molecular weight is 245 g/mol. The van der Waals surface area contributed by atoms with Crippen LogP contribution in [0.1, 0.15) is 69.5 Å². The van der Waals surface area contributed by atoms with E-state index in [4.69, 9.17) is 0 Å². The molecule has 1 atom stereocenters. The van der Waals surface area contributed by atoms with Gasteiger partial charge in [-0.15, -0.1) is 0 Å². The van der Waals surface area contributed by atoms with Crippen LogP contribution < -0.4 is 5.32 Å². The first kappa shape index (κ1) is 13.6. The lowest BCUT2D eigenvalue weighted by Crippen LogP contribution is -2.31. The molecule has 1 heteroatoms. The number of hydrogen-bond donors (Lipinski definition) is 1. The molecule has 0 heterocycles. The van der Waals surface area contributed by atoms with Crippen LogP contribution in [0.15, 0.2) is 24.3 Å². The van der Waals surface area contributed by atoms with Crippen molar-refractivity contribution in [2.45, 2.75) is 58.4 Å². The van der Waals surface area contributed by atoms with Crippen molar-refractivity contribution in [2.24, 2.45) is 5.41 Å². The van der Waals surface area contributed by atoms with Crippen molar-refractivity contribution in [3.63, 3.8) is 0 Å². The van der Waals surface area contributed by atoms with Gasteiger partial charge in [0.25, 0.3) is 0 Å². The van der Waals surface area contributed by atoms with Crippen LogP contribution in [0.2, 0.25) is 0 Å². The van der Waals surface area contributed by atoms with Gasteiger partial charge in [0, 0.05) is 6.04 Å². The molecule has 1 aliphatic carbocycles. The number of nitrogens with one attached hydrogen (secondary N) is 1. The summed E-state index contributed by atoms with van der Waals surface area (Å²) in [6, 6.07) is 9.70. The van der Waals surface area contributed by atoms with Crippen LogP contribution in [-0.4, -0.2) is 7.05 Å². The van der Waals surface area contributed by atoms with Crippen molar-refractivity contribution in [3.05, 3.63) is 35.4 Å². The van der Waals surface area contributed by atoms with E-state index in [1.807, 2.05) is 0 Å². The highest BCUT2D eigenvalue weighted by Crippen LogP contribution is 2.40. The van der Waals surface area contributed by atoms with Crippen molar-refractivity contribution >= 4 is 0 Å². The van der Waals surface area contributed by atoms with Crippen molar-refractivity contribution in [2.75, 3.05) is 7.05 Å². The van der Waals surface area contributed by atoms with Gasteiger partial charge >= 0.3 is 0 Å². The Labute approximate surface area is 112 Å². The maximum absolute atomic E-state index is 3.51. The van der Waals surface area contributed by atoms with Gasteiger partial charge in [-0.05, 0) is 48.8 Å². The molecule has 0 aliphatic heterocycles. The SMILES string of the molecule is CCC(C)(C)C(NC)c1cccc(C2CCC2)c1. The molecule has 0 saturated heterocycles. The second-order valence-electron chi connectivity index (χ2n) is 6.36. The van der Waals surface area contributed by atoms with Crippen molar-refractivity contribution < 1.29 is 0 Å². The van der Waals surface area contributed by atoms with Gasteiger partial charge in [0.2, 0.25) is 0 Å². The lowest BCUT2D eigenvalue weighted by molar-refractivity contribution is 0.245. The highest BCUT2D eigenvalue weighted by molar-refractivity contribution is 5.30. The zero-order valence-corrected chi connectivity index (χ0v) is 12.3. The van der Waals surface area contributed by atoms with E-state index in [0.29, 0.717) is 11.5 Å². The van der Waals surface area contributed by atoms with Gasteiger partial charge in [-0.2, -0.15) is 0 Å². The van der Waals surface area contributed by atoms with Crippen LogP contribution in [0.25, 0.3) is 0 Å². The molecule has 100 valence electrons. The van der Waals surface area contributed by atoms with Crippen LogP contribution in [0.3, 0.4) is 0 Å². The largest absolute Gasteiger partial charge is 0.313 e. The molecule has 2 rings (SSSR count). The van der Waals surface area contributed by atoms with Crippen molar-refractivity contribution in [1.82, 2.24) is 5.32 Å². The normalized spacial score (nSPS) is 18.4. The van der Waals surface area contributed by atoms with E-state index in [-0.39, 0.29) is 0 Å². The fourth-order valence-electron chi connectivity index (χ4n) is 2.95. The Balaban J connectivity index is 2.25. The Hall–Kier alpha value is -0.820. The molecule has 0 radical (unpaired) electrons. The molecule has 0 bridgehead atoms. The third-order valence-electron chi connectivity index (χ3n) is 4.80. The van der Waals surface area contributed by atoms with Gasteiger partial charge in [-0.1, -0.05) is 51.5 Å². The van der Waals surface area contributed by atoms with E-state index in [0.717, 1.165) is 5.92 Å². The molecule has 18 heavy (non-hydrogen) atoms. The monoisotopic (exact) mass is 245 g/mol. The van der Waals surface area contributed by atoms with Gasteiger partial charge in [0.05, 0.1) is 0 Å².